The van der Waals surface area contributed by atoms with Gasteiger partial charge in [0, 0.05) is 7.05 Å². The minimum absolute atomic E-state index is 0.297. The summed E-state index contributed by atoms with van der Waals surface area (Å²) in [7, 11) is 1.62. The highest BCUT2D eigenvalue weighted by Crippen LogP contribution is 2.26. The number of nitrogens with one attached hydrogen (secondary N) is 1. The van der Waals surface area contributed by atoms with E-state index in [2.05, 4.69) is 70.1 Å². The largest absolute Gasteiger partial charge is 0.369 e. The molecule has 3 aromatic rings. The highest BCUT2D eigenvalue weighted by molar-refractivity contribution is 6.10. The normalized spacial score (nSPS) is 12.8. The summed E-state index contributed by atoms with van der Waals surface area (Å²) in [6.45, 7) is 1.94. The summed E-state index contributed by atoms with van der Waals surface area (Å²) in [6.07, 6.45) is 0. The third kappa shape index (κ3) is 2.63. The van der Waals surface area contributed by atoms with Gasteiger partial charge >= 0.3 is 0 Å². The van der Waals surface area contributed by atoms with Crippen molar-refractivity contribution >= 4 is 33.2 Å². The van der Waals surface area contributed by atoms with Gasteiger partial charge in [-0.25, -0.2) is 5.43 Å². The lowest BCUT2D eigenvalue weighted by Gasteiger charge is -2.07. The van der Waals surface area contributed by atoms with Crippen LogP contribution in [0.4, 0.5) is 0 Å². The average molecular weight is 290 g/mol. The summed E-state index contributed by atoms with van der Waals surface area (Å²) in [5.41, 5.74) is 10.2. The van der Waals surface area contributed by atoms with E-state index in [1.165, 1.54) is 21.5 Å². The molecule has 3 aromatic carbocycles. The SMILES string of the molecule is CN=C(N)N/N=C(\C)c1ccc2c(ccc3ccccc32)c1. The topological polar surface area (TPSA) is 62.8 Å². The van der Waals surface area contributed by atoms with E-state index >= 15 is 0 Å². The second kappa shape index (κ2) is 5.85. The zero-order valence-corrected chi connectivity index (χ0v) is 12.7. The van der Waals surface area contributed by atoms with E-state index in [1.807, 2.05) is 6.92 Å². The van der Waals surface area contributed by atoms with Crippen LogP contribution in [0, 0.1) is 0 Å². The van der Waals surface area contributed by atoms with Crippen molar-refractivity contribution in [2.45, 2.75) is 6.92 Å². The smallest absolute Gasteiger partial charge is 0.209 e. The van der Waals surface area contributed by atoms with Crippen LogP contribution >= 0.6 is 0 Å². The Kier molecular flexibility index (Phi) is 3.74. The fraction of sp³-hybridized carbons (Fsp3) is 0.111. The molecule has 0 unspecified atom stereocenters. The van der Waals surface area contributed by atoms with Gasteiger partial charge in [-0.3, -0.25) is 4.99 Å². The molecule has 4 heteroatoms. The molecule has 0 radical (unpaired) electrons. The van der Waals surface area contributed by atoms with Crippen LogP contribution in [0.3, 0.4) is 0 Å². The molecule has 0 atom stereocenters. The standard InChI is InChI=1S/C18H18N4/c1-12(21-22-18(19)20-2)14-9-10-17-15(11-14)8-7-13-5-3-4-6-16(13)17/h3-11H,1-2H3,(H3,19,20,22)/b21-12+. The van der Waals surface area contributed by atoms with Gasteiger partial charge < -0.3 is 5.73 Å². The molecular weight excluding hydrogens is 272 g/mol. The molecule has 0 saturated carbocycles. The minimum atomic E-state index is 0.297. The van der Waals surface area contributed by atoms with Crippen LogP contribution < -0.4 is 11.2 Å². The Morgan fingerprint density at radius 1 is 0.955 bits per heavy atom. The van der Waals surface area contributed by atoms with Crippen LogP contribution in [0.2, 0.25) is 0 Å². The Bertz CT molecular complexity index is 894. The lowest BCUT2D eigenvalue weighted by Crippen LogP contribution is -2.27. The Labute approximate surface area is 129 Å². The molecule has 0 aliphatic rings. The number of rotatable bonds is 2. The van der Waals surface area contributed by atoms with Crippen LogP contribution in [0.1, 0.15) is 12.5 Å². The second-order valence-electron chi connectivity index (χ2n) is 5.14. The van der Waals surface area contributed by atoms with Crippen molar-refractivity contribution in [3.05, 3.63) is 60.2 Å². The molecule has 0 fully saturated rings. The van der Waals surface area contributed by atoms with Gasteiger partial charge in [-0.05, 0) is 40.1 Å². The Morgan fingerprint density at radius 2 is 1.68 bits per heavy atom. The van der Waals surface area contributed by atoms with Crippen LogP contribution in [-0.2, 0) is 0 Å². The molecule has 22 heavy (non-hydrogen) atoms. The molecule has 0 heterocycles. The first-order valence-electron chi connectivity index (χ1n) is 7.13. The molecule has 3 rings (SSSR count). The molecule has 0 aliphatic carbocycles. The fourth-order valence-corrected chi connectivity index (χ4v) is 2.49. The van der Waals surface area contributed by atoms with Crippen LogP contribution in [0.15, 0.2) is 64.7 Å². The number of fused-ring (bicyclic) bond motifs is 3. The van der Waals surface area contributed by atoms with Gasteiger partial charge in [0.15, 0.2) is 0 Å². The number of aliphatic imine (C=N–C) groups is 1. The first-order chi connectivity index (χ1) is 10.7. The van der Waals surface area contributed by atoms with Crippen LogP contribution in [0.5, 0.6) is 0 Å². The molecule has 110 valence electrons. The zero-order valence-electron chi connectivity index (χ0n) is 12.7. The Hall–Kier alpha value is -2.88. The van der Waals surface area contributed by atoms with Crippen molar-refractivity contribution in [2.24, 2.45) is 15.8 Å². The maximum Gasteiger partial charge on any atom is 0.209 e. The zero-order chi connectivity index (χ0) is 15.5. The minimum Gasteiger partial charge on any atom is -0.369 e. The Morgan fingerprint density at radius 3 is 2.50 bits per heavy atom. The molecule has 3 N–H and O–H groups in total. The van der Waals surface area contributed by atoms with Gasteiger partial charge in [0.1, 0.15) is 0 Å². The van der Waals surface area contributed by atoms with Gasteiger partial charge in [-0.1, -0.05) is 48.5 Å². The third-order valence-electron chi connectivity index (χ3n) is 3.74. The Balaban J connectivity index is 2.05. The van der Waals surface area contributed by atoms with Crippen molar-refractivity contribution in [1.29, 1.82) is 0 Å². The monoisotopic (exact) mass is 290 g/mol. The summed E-state index contributed by atoms with van der Waals surface area (Å²) < 4.78 is 0. The van der Waals surface area contributed by atoms with Crippen molar-refractivity contribution < 1.29 is 0 Å². The highest BCUT2D eigenvalue weighted by atomic mass is 15.4. The summed E-state index contributed by atoms with van der Waals surface area (Å²) in [5, 5.41) is 9.21. The van der Waals surface area contributed by atoms with Crippen molar-refractivity contribution in [3.8, 4) is 0 Å². The van der Waals surface area contributed by atoms with E-state index in [-0.39, 0.29) is 0 Å². The van der Waals surface area contributed by atoms with E-state index in [9.17, 15) is 0 Å². The molecule has 0 aromatic heterocycles. The van der Waals surface area contributed by atoms with E-state index < -0.39 is 0 Å². The number of guanidine groups is 1. The number of nitrogens with two attached hydrogens (primary N) is 1. The van der Waals surface area contributed by atoms with E-state index in [0.717, 1.165) is 11.3 Å². The van der Waals surface area contributed by atoms with Gasteiger partial charge in [-0.15, -0.1) is 0 Å². The van der Waals surface area contributed by atoms with Gasteiger partial charge in [0.25, 0.3) is 0 Å². The van der Waals surface area contributed by atoms with Gasteiger partial charge in [0.2, 0.25) is 5.96 Å². The molecule has 0 aliphatic heterocycles. The van der Waals surface area contributed by atoms with Gasteiger partial charge in [-0.2, -0.15) is 5.10 Å². The number of hydrogen-bond acceptors (Lipinski definition) is 2. The van der Waals surface area contributed by atoms with E-state index in [4.69, 9.17) is 5.73 Å². The number of hydrogen-bond donors (Lipinski definition) is 2. The number of hydrazone groups is 1. The predicted octanol–water partition coefficient (Wildman–Crippen LogP) is 3.25. The van der Waals surface area contributed by atoms with Crippen LogP contribution in [-0.4, -0.2) is 18.7 Å². The predicted molar refractivity (Wildman–Crippen MR) is 94.3 cm³/mol. The molecule has 4 nitrogen and oxygen atoms in total. The molecule has 0 bridgehead atoms. The third-order valence-corrected chi connectivity index (χ3v) is 3.74. The summed E-state index contributed by atoms with van der Waals surface area (Å²) >= 11 is 0. The van der Waals surface area contributed by atoms with E-state index in [1.54, 1.807) is 7.05 Å². The van der Waals surface area contributed by atoms with E-state index in [0.29, 0.717) is 5.96 Å². The first-order valence-corrected chi connectivity index (χ1v) is 7.13. The average Bonchev–Trinajstić information content (AvgIpc) is 2.58. The quantitative estimate of drug-likeness (QED) is 0.329. The fourth-order valence-electron chi connectivity index (χ4n) is 2.49. The van der Waals surface area contributed by atoms with Crippen molar-refractivity contribution in [3.63, 3.8) is 0 Å². The summed E-state index contributed by atoms with van der Waals surface area (Å²) in [4.78, 5) is 3.81. The van der Waals surface area contributed by atoms with Crippen molar-refractivity contribution in [2.75, 3.05) is 7.05 Å². The summed E-state index contributed by atoms with van der Waals surface area (Å²) in [5.74, 6) is 0.297. The first kappa shape index (κ1) is 14.1. The van der Waals surface area contributed by atoms with Gasteiger partial charge in [0.05, 0.1) is 5.71 Å². The lowest BCUT2D eigenvalue weighted by molar-refractivity contribution is 0.997. The van der Waals surface area contributed by atoms with Crippen LogP contribution in [0.25, 0.3) is 21.5 Å². The summed E-state index contributed by atoms with van der Waals surface area (Å²) in [6, 6.07) is 19.1. The number of benzene rings is 3. The second-order valence-corrected chi connectivity index (χ2v) is 5.14. The maximum atomic E-state index is 5.58. The molecule has 0 saturated heterocycles. The maximum absolute atomic E-state index is 5.58. The molecule has 0 amide bonds. The number of nitrogens with zero attached hydrogens (tertiary/aromatic N) is 2. The molecular formula is C18H18N4. The molecule has 0 spiro atoms. The van der Waals surface area contributed by atoms with Crippen molar-refractivity contribution in [1.82, 2.24) is 5.43 Å². The highest BCUT2D eigenvalue weighted by Gasteiger charge is 2.03. The lowest BCUT2D eigenvalue weighted by atomic mass is 9.99.